The molecule has 2 heterocycles. The summed E-state index contributed by atoms with van der Waals surface area (Å²) in [6.45, 7) is 0. The van der Waals surface area contributed by atoms with Gasteiger partial charge in [-0.3, -0.25) is 4.79 Å². The van der Waals surface area contributed by atoms with Gasteiger partial charge in [-0.25, -0.2) is 4.98 Å². The van der Waals surface area contributed by atoms with Gasteiger partial charge >= 0.3 is 0 Å². The summed E-state index contributed by atoms with van der Waals surface area (Å²) < 4.78 is 1.95. The standard InChI is InChI=1S/C16H13N3O2/c20-14-4-3-9-17-15(14)18-16(21)12-5-7-13(8-6-12)19-10-1-2-11-19/h1-11,20H,(H,17,18,21). The van der Waals surface area contributed by atoms with Crippen LogP contribution in [0, 0.1) is 0 Å². The van der Waals surface area contributed by atoms with Crippen molar-refractivity contribution < 1.29 is 9.90 Å². The van der Waals surface area contributed by atoms with Crippen LogP contribution >= 0.6 is 0 Å². The number of anilines is 1. The lowest BCUT2D eigenvalue weighted by Gasteiger charge is -2.07. The van der Waals surface area contributed by atoms with E-state index in [1.807, 2.05) is 41.2 Å². The number of nitrogens with one attached hydrogen (secondary N) is 1. The van der Waals surface area contributed by atoms with Crippen LogP contribution in [0.2, 0.25) is 0 Å². The molecule has 5 heteroatoms. The zero-order valence-electron chi connectivity index (χ0n) is 11.1. The van der Waals surface area contributed by atoms with Gasteiger partial charge in [-0.05, 0) is 48.5 Å². The van der Waals surface area contributed by atoms with Crippen LogP contribution < -0.4 is 5.32 Å². The number of rotatable bonds is 3. The Kier molecular flexibility index (Phi) is 3.39. The third kappa shape index (κ3) is 2.76. The first kappa shape index (κ1) is 12.9. The predicted molar refractivity (Wildman–Crippen MR) is 79.6 cm³/mol. The SMILES string of the molecule is O=C(Nc1ncccc1O)c1ccc(-n2cccc2)cc1. The van der Waals surface area contributed by atoms with Gasteiger partial charge in [-0.15, -0.1) is 0 Å². The van der Waals surface area contributed by atoms with Crippen LogP contribution in [0.1, 0.15) is 10.4 Å². The lowest BCUT2D eigenvalue weighted by molar-refractivity contribution is 0.102. The van der Waals surface area contributed by atoms with Crippen molar-refractivity contribution in [1.82, 2.24) is 9.55 Å². The first-order valence-electron chi connectivity index (χ1n) is 6.43. The molecule has 0 fully saturated rings. The van der Waals surface area contributed by atoms with E-state index >= 15 is 0 Å². The molecule has 0 saturated heterocycles. The first-order valence-corrected chi connectivity index (χ1v) is 6.43. The lowest BCUT2D eigenvalue weighted by atomic mass is 10.2. The van der Waals surface area contributed by atoms with Crippen LogP contribution in [-0.2, 0) is 0 Å². The van der Waals surface area contributed by atoms with Gasteiger partial charge in [0.1, 0.15) is 0 Å². The number of amides is 1. The number of carbonyl (C=O) groups excluding carboxylic acids is 1. The molecule has 21 heavy (non-hydrogen) atoms. The highest BCUT2D eigenvalue weighted by Crippen LogP contribution is 2.19. The van der Waals surface area contributed by atoms with Gasteiger partial charge in [-0.2, -0.15) is 0 Å². The van der Waals surface area contributed by atoms with E-state index in [-0.39, 0.29) is 17.5 Å². The monoisotopic (exact) mass is 279 g/mol. The molecule has 0 radical (unpaired) electrons. The minimum absolute atomic E-state index is 0.0604. The summed E-state index contributed by atoms with van der Waals surface area (Å²) >= 11 is 0. The topological polar surface area (TPSA) is 67.2 Å². The highest BCUT2D eigenvalue weighted by Gasteiger charge is 2.09. The Hall–Kier alpha value is -3.08. The van der Waals surface area contributed by atoms with Gasteiger partial charge in [0.25, 0.3) is 5.91 Å². The van der Waals surface area contributed by atoms with Crippen molar-refractivity contribution in [2.24, 2.45) is 0 Å². The van der Waals surface area contributed by atoms with Crippen LogP contribution in [0.4, 0.5) is 5.82 Å². The Morgan fingerprint density at radius 1 is 1.05 bits per heavy atom. The van der Waals surface area contributed by atoms with E-state index in [2.05, 4.69) is 10.3 Å². The van der Waals surface area contributed by atoms with Gasteiger partial charge < -0.3 is 15.0 Å². The van der Waals surface area contributed by atoms with Gasteiger partial charge in [0.15, 0.2) is 11.6 Å². The maximum Gasteiger partial charge on any atom is 0.256 e. The summed E-state index contributed by atoms with van der Waals surface area (Å²) in [5.74, 6) is -0.227. The Morgan fingerprint density at radius 3 is 2.43 bits per heavy atom. The third-order valence-corrected chi connectivity index (χ3v) is 3.05. The normalized spacial score (nSPS) is 10.3. The van der Waals surface area contributed by atoms with E-state index in [4.69, 9.17) is 0 Å². The first-order chi connectivity index (χ1) is 10.2. The lowest BCUT2D eigenvalue weighted by Crippen LogP contribution is -2.13. The molecule has 0 aliphatic carbocycles. The van der Waals surface area contributed by atoms with E-state index in [0.717, 1.165) is 5.69 Å². The molecule has 104 valence electrons. The highest BCUT2D eigenvalue weighted by atomic mass is 16.3. The van der Waals surface area contributed by atoms with Crippen molar-refractivity contribution in [3.63, 3.8) is 0 Å². The molecule has 0 spiro atoms. The Labute approximate surface area is 121 Å². The summed E-state index contributed by atoms with van der Waals surface area (Å²) in [6.07, 6.45) is 5.37. The molecule has 1 aromatic carbocycles. The zero-order chi connectivity index (χ0) is 14.7. The Morgan fingerprint density at radius 2 is 1.76 bits per heavy atom. The molecule has 0 unspecified atom stereocenters. The van der Waals surface area contributed by atoms with E-state index in [1.54, 1.807) is 18.2 Å². The zero-order valence-corrected chi connectivity index (χ0v) is 11.1. The summed E-state index contributed by atoms with van der Waals surface area (Å²) in [4.78, 5) is 16.0. The number of aromatic nitrogens is 2. The van der Waals surface area contributed by atoms with E-state index < -0.39 is 0 Å². The van der Waals surface area contributed by atoms with Crippen LogP contribution in [0.25, 0.3) is 5.69 Å². The van der Waals surface area contributed by atoms with Crippen molar-refractivity contribution >= 4 is 11.7 Å². The number of pyridine rings is 1. The molecule has 0 atom stereocenters. The second-order valence-corrected chi connectivity index (χ2v) is 4.46. The Balaban J connectivity index is 1.78. The molecular weight excluding hydrogens is 266 g/mol. The quantitative estimate of drug-likeness (QED) is 0.774. The summed E-state index contributed by atoms with van der Waals surface area (Å²) in [5, 5.41) is 12.2. The molecule has 0 bridgehead atoms. The number of aromatic hydroxyl groups is 1. The molecule has 2 aromatic heterocycles. The van der Waals surface area contributed by atoms with Crippen LogP contribution in [0.15, 0.2) is 67.1 Å². The second-order valence-electron chi connectivity index (χ2n) is 4.46. The van der Waals surface area contributed by atoms with Crippen molar-refractivity contribution in [3.05, 3.63) is 72.7 Å². The van der Waals surface area contributed by atoms with E-state index in [0.29, 0.717) is 5.56 Å². The summed E-state index contributed by atoms with van der Waals surface area (Å²) in [7, 11) is 0. The summed E-state index contributed by atoms with van der Waals surface area (Å²) in [5.41, 5.74) is 1.47. The fourth-order valence-electron chi connectivity index (χ4n) is 1.96. The minimum Gasteiger partial charge on any atom is -0.504 e. The van der Waals surface area contributed by atoms with E-state index in [9.17, 15) is 9.90 Å². The maximum atomic E-state index is 12.1. The van der Waals surface area contributed by atoms with Gasteiger partial charge in [0.05, 0.1) is 0 Å². The molecule has 5 nitrogen and oxygen atoms in total. The van der Waals surface area contributed by atoms with Crippen LogP contribution in [0.3, 0.4) is 0 Å². The fraction of sp³-hybridized carbons (Fsp3) is 0. The van der Waals surface area contributed by atoms with Crippen molar-refractivity contribution in [3.8, 4) is 11.4 Å². The highest BCUT2D eigenvalue weighted by molar-refractivity contribution is 6.04. The molecular formula is C16H13N3O2. The number of benzene rings is 1. The number of hydrogen-bond donors (Lipinski definition) is 2. The molecule has 3 rings (SSSR count). The van der Waals surface area contributed by atoms with Crippen molar-refractivity contribution in [2.75, 3.05) is 5.32 Å². The average Bonchev–Trinajstić information content (AvgIpc) is 3.04. The predicted octanol–water partition coefficient (Wildman–Crippen LogP) is 2.83. The van der Waals surface area contributed by atoms with Crippen LogP contribution in [-0.4, -0.2) is 20.6 Å². The minimum atomic E-state index is -0.317. The van der Waals surface area contributed by atoms with Gasteiger partial charge in [0.2, 0.25) is 0 Å². The fourth-order valence-corrected chi connectivity index (χ4v) is 1.96. The van der Waals surface area contributed by atoms with Gasteiger partial charge in [0, 0.05) is 29.8 Å². The number of hydrogen-bond acceptors (Lipinski definition) is 3. The van der Waals surface area contributed by atoms with Gasteiger partial charge in [-0.1, -0.05) is 0 Å². The second kappa shape index (κ2) is 5.50. The third-order valence-electron chi connectivity index (χ3n) is 3.05. The largest absolute Gasteiger partial charge is 0.504 e. The molecule has 1 amide bonds. The summed E-state index contributed by atoms with van der Waals surface area (Å²) in [6, 6.07) is 14.1. The van der Waals surface area contributed by atoms with Crippen LogP contribution in [0.5, 0.6) is 5.75 Å². The number of nitrogens with zero attached hydrogens (tertiary/aromatic N) is 2. The van der Waals surface area contributed by atoms with Crippen molar-refractivity contribution in [2.45, 2.75) is 0 Å². The Bertz CT molecular complexity index is 749. The molecule has 0 saturated carbocycles. The average molecular weight is 279 g/mol. The van der Waals surface area contributed by atoms with Crippen molar-refractivity contribution in [1.29, 1.82) is 0 Å². The maximum absolute atomic E-state index is 12.1. The molecule has 0 aliphatic heterocycles. The van der Waals surface area contributed by atoms with E-state index in [1.165, 1.54) is 12.3 Å². The molecule has 3 aromatic rings. The molecule has 0 aliphatic rings. The molecule has 2 N–H and O–H groups in total. The smallest absolute Gasteiger partial charge is 0.256 e. The number of carbonyl (C=O) groups is 1.